The predicted octanol–water partition coefficient (Wildman–Crippen LogP) is 7.30. The Morgan fingerprint density at radius 2 is 0.500 bits per heavy atom. The smallest absolute Gasteiger partial charge is 0.0461 e. The van der Waals surface area contributed by atoms with Crippen LogP contribution >= 0.6 is 43.2 Å². The molecule has 0 heterocycles. The molecule has 0 atom stereocenters. The molecule has 32 heavy (non-hydrogen) atoms. The van der Waals surface area contributed by atoms with Crippen LogP contribution in [0, 0.1) is 0 Å². The van der Waals surface area contributed by atoms with Gasteiger partial charge in [0.05, 0.1) is 0 Å². The fourth-order valence-corrected chi connectivity index (χ4v) is 6.86. The zero-order chi connectivity index (χ0) is 22.8. The van der Waals surface area contributed by atoms with Crippen LogP contribution in [0.5, 0.6) is 0 Å². The standard InChI is InChI=1S/2C12H12N2S2/c2*13-9-5-1-3-7-11(9)15-16-12-8-4-2-6-10(12)14/h2*1-8H,13-14H2. The molecule has 4 rings (SSSR count). The van der Waals surface area contributed by atoms with Crippen molar-refractivity contribution in [1.29, 1.82) is 0 Å². The van der Waals surface area contributed by atoms with Crippen molar-refractivity contribution in [3.8, 4) is 0 Å². The quantitative estimate of drug-likeness (QED) is 0.163. The summed E-state index contributed by atoms with van der Waals surface area (Å²) in [6.07, 6.45) is 0. The number of hydrogen-bond acceptors (Lipinski definition) is 8. The maximum Gasteiger partial charge on any atom is 0.0461 e. The van der Waals surface area contributed by atoms with Crippen LogP contribution in [0.2, 0.25) is 0 Å². The van der Waals surface area contributed by atoms with Crippen molar-refractivity contribution in [3.63, 3.8) is 0 Å². The first-order chi connectivity index (χ1) is 15.5. The molecule has 0 aliphatic heterocycles. The fourth-order valence-electron chi connectivity index (χ4n) is 2.41. The number of nitrogen functional groups attached to an aromatic ring is 4. The van der Waals surface area contributed by atoms with Gasteiger partial charge in [-0.05, 0) is 48.5 Å². The second-order valence-corrected chi connectivity index (χ2v) is 10.9. The van der Waals surface area contributed by atoms with E-state index in [1.807, 2.05) is 97.1 Å². The van der Waals surface area contributed by atoms with Gasteiger partial charge >= 0.3 is 0 Å². The molecule has 4 aromatic rings. The third-order valence-electron chi connectivity index (χ3n) is 4.12. The normalized spacial score (nSPS) is 10.2. The van der Waals surface area contributed by atoms with Crippen LogP contribution in [0.25, 0.3) is 0 Å². The minimum atomic E-state index is 0.800. The van der Waals surface area contributed by atoms with Crippen molar-refractivity contribution >= 4 is 65.9 Å². The van der Waals surface area contributed by atoms with Crippen LogP contribution in [0.15, 0.2) is 117 Å². The van der Waals surface area contributed by atoms with Crippen molar-refractivity contribution < 1.29 is 0 Å². The Kier molecular flexibility index (Phi) is 9.43. The minimum Gasteiger partial charge on any atom is -0.398 e. The monoisotopic (exact) mass is 496 g/mol. The molecular formula is C24H24N4S4. The van der Waals surface area contributed by atoms with E-state index >= 15 is 0 Å². The first-order valence-electron chi connectivity index (χ1n) is 9.61. The van der Waals surface area contributed by atoms with Crippen LogP contribution < -0.4 is 22.9 Å². The van der Waals surface area contributed by atoms with Crippen LogP contribution in [0.3, 0.4) is 0 Å². The number of hydrogen-bond donors (Lipinski definition) is 4. The number of nitrogens with two attached hydrogens (primary N) is 4. The van der Waals surface area contributed by atoms with E-state index in [9.17, 15) is 0 Å². The second kappa shape index (κ2) is 12.5. The molecule has 4 aromatic carbocycles. The van der Waals surface area contributed by atoms with Gasteiger partial charge in [-0.25, -0.2) is 0 Å². The van der Waals surface area contributed by atoms with Gasteiger partial charge in [0.15, 0.2) is 0 Å². The van der Waals surface area contributed by atoms with Crippen molar-refractivity contribution in [2.75, 3.05) is 22.9 Å². The molecule has 0 unspecified atom stereocenters. The van der Waals surface area contributed by atoms with Crippen LogP contribution in [0.4, 0.5) is 22.7 Å². The van der Waals surface area contributed by atoms with Crippen molar-refractivity contribution in [3.05, 3.63) is 97.1 Å². The summed E-state index contributed by atoms with van der Waals surface area (Å²) in [5.74, 6) is 0. The SMILES string of the molecule is Nc1ccccc1SSc1ccccc1N.Nc1ccccc1SSc1ccccc1N. The Morgan fingerprint density at radius 1 is 0.312 bits per heavy atom. The highest BCUT2D eigenvalue weighted by Crippen LogP contribution is 2.42. The Hall–Kier alpha value is -2.52. The molecule has 0 saturated carbocycles. The highest BCUT2D eigenvalue weighted by atomic mass is 33.1. The molecule has 4 nitrogen and oxygen atoms in total. The average molecular weight is 497 g/mol. The molecule has 0 saturated heterocycles. The molecule has 0 aliphatic rings. The Balaban J connectivity index is 0.000000181. The van der Waals surface area contributed by atoms with E-state index < -0.39 is 0 Å². The number of benzene rings is 4. The molecule has 0 aliphatic carbocycles. The zero-order valence-corrected chi connectivity index (χ0v) is 20.4. The van der Waals surface area contributed by atoms with E-state index in [1.165, 1.54) is 0 Å². The topological polar surface area (TPSA) is 104 Å². The van der Waals surface area contributed by atoms with Gasteiger partial charge in [-0.1, -0.05) is 91.7 Å². The lowest BCUT2D eigenvalue weighted by Crippen LogP contribution is -1.87. The summed E-state index contributed by atoms with van der Waals surface area (Å²) in [7, 11) is 6.50. The maximum atomic E-state index is 5.86. The van der Waals surface area contributed by atoms with Crippen LogP contribution in [0.1, 0.15) is 0 Å². The minimum absolute atomic E-state index is 0.800. The van der Waals surface area contributed by atoms with Gasteiger partial charge in [0.2, 0.25) is 0 Å². The largest absolute Gasteiger partial charge is 0.398 e. The molecule has 0 radical (unpaired) electrons. The van der Waals surface area contributed by atoms with Gasteiger partial charge in [-0.2, -0.15) is 0 Å². The predicted molar refractivity (Wildman–Crippen MR) is 147 cm³/mol. The van der Waals surface area contributed by atoms with E-state index in [-0.39, 0.29) is 0 Å². The third-order valence-corrected chi connectivity index (χ3v) is 9.15. The number of rotatable bonds is 6. The van der Waals surface area contributed by atoms with Gasteiger partial charge in [0.1, 0.15) is 0 Å². The fraction of sp³-hybridized carbons (Fsp3) is 0. The summed E-state index contributed by atoms with van der Waals surface area (Å²) in [4.78, 5) is 4.26. The molecule has 0 bridgehead atoms. The van der Waals surface area contributed by atoms with Crippen LogP contribution in [-0.4, -0.2) is 0 Å². The summed E-state index contributed by atoms with van der Waals surface area (Å²) in [6.45, 7) is 0. The van der Waals surface area contributed by atoms with Gasteiger partial charge in [-0.15, -0.1) is 0 Å². The molecule has 0 fully saturated rings. The van der Waals surface area contributed by atoms with E-state index in [4.69, 9.17) is 22.9 Å². The lowest BCUT2D eigenvalue weighted by Gasteiger charge is -2.05. The van der Waals surface area contributed by atoms with E-state index in [1.54, 1.807) is 43.2 Å². The van der Waals surface area contributed by atoms with Gasteiger partial charge < -0.3 is 22.9 Å². The first-order valence-corrected chi connectivity index (χ1v) is 13.9. The molecule has 8 N–H and O–H groups in total. The van der Waals surface area contributed by atoms with Crippen molar-refractivity contribution in [2.45, 2.75) is 19.6 Å². The first kappa shape index (κ1) is 24.1. The van der Waals surface area contributed by atoms with Crippen molar-refractivity contribution in [2.24, 2.45) is 0 Å². The summed E-state index contributed by atoms with van der Waals surface area (Å²) >= 11 is 0. The maximum absolute atomic E-state index is 5.86. The van der Waals surface area contributed by atoms with Gasteiger partial charge in [0, 0.05) is 42.3 Å². The van der Waals surface area contributed by atoms with Gasteiger partial charge in [-0.3, -0.25) is 0 Å². The molecule has 0 spiro atoms. The highest BCUT2D eigenvalue weighted by Gasteiger charge is 2.04. The Labute approximate surface area is 204 Å². The van der Waals surface area contributed by atoms with E-state index in [0.29, 0.717) is 0 Å². The average Bonchev–Trinajstić information content (AvgIpc) is 2.80. The lowest BCUT2D eigenvalue weighted by molar-refractivity contribution is 1.46. The molecule has 164 valence electrons. The number of anilines is 4. The second-order valence-electron chi connectivity index (χ2n) is 6.48. The number of para-hydroxylation sites is 4. The summed E-state index contributed by atoms with van der Waals surface area (Å²) in [5.41, 5.74) is 26.6. The lowest BCUT2D eigenvalue weighted by atomic mass is 10.3. The third kappa shape index (κ3) is 7.27. The molecular weight excluding hydrogens is 473 g/mol. The molecule has 0 aromatic heterocycles. The summed E-state index contributed by atoms with van der Waals surface area (Å²) < 4.78 is 0. The summed E-state index contributed by atoms with van der Waals surface area (Å²) in [5, 5.41) is 0. The van der Waals surface area contributed by atoms with E-state index in [2.05, 4.69) is 0 Å². The van der Waals surface area contributed by atoms with Crippen LogP contribution in [-0.2, 0) is 0 Å². The van der Waals surface area contributed by atoms with Gasteiger partial charge in [0.25, 0.3) is 0 Å². The van der Waals surface area contributed by atoms with E-state index in [0.717, 1.165) is 42.3 Å². The highest BCUT2D eigenvalue weighted by molar-refractivity contribution is 8.77. The molecule has 8 heteroatoms. The van der Waals surface area contributed by atoms with Crippen molar-refractivity contribution in [1.82, 2.24) is 0 Å². The summed E-state index contributed by atoms with van der Waals surface area (Å²) in [6, 6.07) is 31.3. The Morgan fingerprint density at radius 3 is 0.688 bits per heavy atom. The zero-order valence-electron chi connectivity index (χ0n) is 17.2. The molecule has 0 amide bonds. The Bertz CT molecular complexity index is 972.